The van der Waals surface area contributed by atoms with E-state index in [4.69, 9.17) is 11.6 Å². The minimum Gasteiger partial charge on any atom is -0.325 e. The van der Waals surface area contributed by atoms with Crippen LogP contribution in [0.15, 0.2) is 65.8 Å². The molecule has 0 fully saturated rings. The van der Waals surface area contributed by atoms with Gasteiger partial charge in [0.2, 0.25) is 5.91 Å². The number of halogens is 1. The predicted molar refractivity (Wildman–Crippen MR) is 123 cm³/mol. The Bertz CT molecular complexity index is 1190. The molecule has 0 radical (unpaired) electrons. The molecule has 0 spiro atoms. The maximum absolute atomic E-state index is 12.2. The fourth-order valence-corrected chi connectivity index (χ4v) is 3.09. The molecule has 0 unspecified atom stereocenters. The molecule has 3 amide bonds. The molecule has 0 aliphatic heterocycles. The third kappa shape index (κ3) is 5.67. The Morgan fingerprint density at radius 3 is 2.35 bits per heavy atom. The quantitative estimate of drug-likeness (QED) is 0.316. The lowest BCUT2D eigenvalue weighted by molar-refractivity contribution is -0.136. The van der Waals surface area contributed by atoms with E-state index in [1.807, 2.05) is 30.3 Å². The van der Waals surface area contributed by atoms with Crippen LogP contribution in [0, 0.1) is 6.92 Å². The number of rotatable bonds is 5. The van der Waals surface area contributed by atoms with Gasteiger partial charge >= 0.3 is 11.8 Å². The molecule has 31 heavy (non-hydrogen) atoms. The third-order valence-electron chi connectivity index (χ3n) is 4.55. The van der Waals surface area contributed by atoms with Crippen molar-refractivity contribution in [3.63, 3.8) is 0 Å². The molecule has 0 bridgehead atoms. The van der Waals surface area contributed by atoms with Crippen LogP contribution < -0.4 is 16.1 Å². The highest BCUT2D eigenvalue weighted by Gasteiger charge is 2.15. The van der Waals surface area contributed by atoms with Gasteiger partial charge in [-0.15, -0.1) is 0 Å². The Kier molecular flexibility index (Phi) is 6.99. The Labute approximate surface area is 184 Å². The molecule has 0 saturated carbocycles. The highest BCUT2D eigenvalue weighted by atomic mass is 35.5. The molecule has 0 aliphatic rings. The number of nitrogens with zero attached hydrogens (tertiary/aromatic N) is 1. The smallest absolute Gasteiger partial charge is 0.325 e. The van der Waals surface area contributed by atoms with Crippen molar-refractivity contribution in [1.29, 1.82) is 0 Å². The topological polar surface area (TPSA) is 99.7 Å². The van der Waals surface area contributed by atoms with Crippen molar-refractivity contribution in [3.8, 4) is 0 Å². The minimum atomic E-state index is -0.932. The number of hydrogen-bond donors (Lipinski definition) is 3. The van der Waals surface area contributed by atoms with Gasteiger partial charge in [0, 0.05) is 27.5 Å². The summed E-state index contributed by atoms with van der Waals surface area (Å²) in [7, 11) is 0. The molecular formula is C23H21ClN4O3. The summed E-state index contributed by atoms with van der Waals surface area (Å²) < 4.78 is 0. The third-order valence-corrected chi connectivity index (χ3v) is 4.96. The molecule has 3 aromatic rings. The second kappa shape index (κ2) is 9.86. The summed E-state index contributed by atoms with van der Waals surface area (Å²) in [5, 5.41) is 11.5. The Morgan fingerprint density at radius 2 is 1.55 bits per heavy atom. The monoisotopic (exact) mass is 436 g/mol. The van der Waals surface area contributed by atoms with Gasteiger partial charge in [0.1, 0.15) is 0 Å². The molecule has 0 atom stereocenters. The number of nitrogens with one attached hydrogen (secondary N) is 3. The lowest BCUT2D eigenvalue weighted by Gasteiger charge is -2.10. The van der Waals surface area contributed by atoms with Crippen LogP contribution in [0.5, 0.6) is 0 Å². The van der Waals surface area contributed by atoms with E-state index in [2.05, 4.69) is 21.2 Å². The second-order valence-corrected chi connectivity index (χ2v) is 7.31. The summed E-state index contributed by atoms with van der Waals surface area (Å²) in [5.41, 5.74) is 4.39. The first-order valence-corrected chi connectivity index (χ1v) is 9.90. The summed E-state index contributed by atoms with van der Waals surface area (Å²) in [6.45, 7) is 3.38. The lowest BCUT2D eigenvalue weighted by atomic mass is 10.1. The van der Waals surface area contributed by atoms with Crippen molar-refractivity contribution < 1.29 is 14.4 Å². The van der Waals surface area contributed by atoms with Gasteiger partial charge in [0.15, 0.2) is 0 Å². The number of hydrazone groups is 1. The largest absolute Gasteiger partial charge is 0.329 e. The van der Waals surface area contributed by atoms with Gasteiger partial charge in [-0.1, -0.05) is 54.1 Å². The van der Waals surface area contributed by atoms with Gasteiger partial charge < -0.3 is 10.6 Å². The lowest BCUT2D eigenvalue weighted by Crippen LogP contribution is -2.33. The number of anilines is 2. The summed E-state index contributed by atoms with van der Waals surface area (Å²) >= 11 is 6.05. The van der Waals surface area contributed by atoms with E-state index < -0.39 is 11.8 Å². The van der Waals surface area contributed by atoms with Crippen molar-refractivity contribution >= 4 is 57.2 Å². The maximum Gasteiger partial charge on any atom is 0.329 e. The van der Waals surface area contributed by atoms with Crippen LogP contribution in [0.3, 0.4) is 0 Å². The fourth-order valence-electron chi connectivity index (χ4n) is 2.92. The molecule has 0 aliphatic carbocycles. The van der Waals surface area contributed by atoms with Gasteiger partial charge in [-0.05, 0) is 43.0 Å². The first-order chi connectivity index (χ1) is 14.8. The van der Waals surface area contributed by atoms with Crippen molar-refractivity contribution in [2.75, 3.05) is 10.6 Å². The van der Waals surface area contributed by atoms with Crippen LogP contribution in [0.25, 0.3) is 10.8 Å². The van der Waals surface area contributed by atoms with E-state index in [9.17, 15) is 14.4 Å². The van der Waals surface area contributed by atoms with Crippen molar-refractivity contribution in [3.05, 3.63) is 71.2 Å². The molecule has 0 aromatic heterocycles. The van der Waals surface area contributed by atoms with Gasteiger partial charge in [-0.3, -0.25) is 14.4 Å². The molecule has 3 rings (SSSR count). The van der Waals surface area contributed by atoms with Gasteiger partial charge in [0.05, 0.1) is 6.42 Å². The number of amides is 3. The van der Waals surface area contributed by atoms with Crippen molar-refractivity contribution in [2.24, 2.45) is 5.10 Å². The SMILES string of the molecule is CC(CC(=O)Nc1cccc(Cl)c1C)=NNC(=O)C(=O)Nc1cccc2ccccc12. The highest BCUT2D eigenvalue weighted by Crippen LogP contribution is 2.23. The van der Waals surface area contributed by atoms with Crippen LogP contribution >= 0.6 is 11.6 Å². The summed E-state index contributed by atoms with van der Waals surface area (Å²) in [6, 6.07) is 18.1. The van der Waals surface area contributed by atoms with E-state index in [1.54, 1.807) is 44.2 Å². The fraction of sp³-hybridized carbons (Fsp3) is 0.130. The number of carbonyl (C=O) groups is 3. The minimum absolute atomic E-state index is 0.0584. The molecule has 3 N–H and O–H groups in total. The number of carbonyl (C=O) groups excluding carboxylic acids is 3. The predicted octanol–water partition coefficient (Wildman–Crippen LogP) is 4.26. The van der Waals surface area contributed by atoms with E-state index in [1.165, 1.54) is 0 Å². The summed E-state index contributed by atoms with van der Waals surface area (Å²) in [6.07, 6.45) is -0.0584. The van der Waals surface area contributed by atoms with E-state index in [-0.39, 0.29) is 12.3 Å². The average molecular weight is 437 g/mol. The van der Waals surface area contributed by atoms with Crippen LogP contribution in [0.2, 0.25) is 5.02 Å². The molecule has 3 aromatic carbocycles. The van der Waals surface area contributed by atoms with Crippen LogP contribution in [0.1, 0.15) is 18.9 Å². The molecule has 7 nitrogen and oxygen atoms in total. The summed E-state index contributed by atoms with van der Waals surface area (Å²) in [4.78, 5) is 36.5. The highest BCUT2D eigenvalue weighted by molar-refractivity contribution is 6.40. The standard InChI is InChI=1S/C23H21ClN4O3/c1-14(13-21(29)25-19-11-6-10-18(24)15(19)2)27-28-23(31)22(30)26-20-12-5-8-16-7-3-4-9-17(16)20/h3-12H,13H2,1-2H3,(H,25,29)(H,26,30)(H,28,31). The molecule has 0 heterocycles. The zero-order chi connectivity index (χ0) is 22.4. The number of benzene rings is 3. The molecule has 0 saturated heterocycles. The second-order valence-electron chi connectivity index (χ2n) is 6.91. The zero-order valence-electron chi connectivity index (χ0n) is 17.0. The van der Waals surface area contributed by atoms with Crippen molar-refractivity contribution in [1.82, 2.24) is 5.43 Å². The first kappa shape index (κ1) is 22.0. The summed E-state index contributed by atoms with van der Waals surface area (Å²) in [5.74, 6) is -2.11. The van der Waals surface area contributed by atoms with E-state index in [0.717, 1.165) is 16.3 Å². The normalized spacial score (nSPS) is 11.1. The van der Waals surface area contributed by atoms with Crippen LogP contribution in [0.4, 0.5) is 11.4 Å². The molecule has 158 valence electrons. The van der Waals surface area contributed by atoms with E-state index in [0.29, 0.717) is 22.1 Å². The first-order valence-electron chi connectivity index (χ1n) is 9.52. The molecule has 8 heteroatoms. The Balaban J connectivity index is 1.56. The van der Waals surface area contributed by atoms with Crippen LogP contribution in [-0.4, -0.2) is 23.4 Å². The maximum atomic E-state index is 12.2. The average Bonchev–Trinajstić information content (AvgIpc) is 2.75. The molecular weight excluding hydrogens is 416 g/mol. The Morgan fingerprint density at radius 1 is 0.871 bits per heavy atom. The zero-order valence-corrected chi connectivity index (χ0v) is 17.8. The number of fused-ring (bicyclic) bond motifs is 1. The van der Waals surface area contributed by atoms with Gasteiger partial charge in [-0.25, -0.2) is 5.43 Å². The van der Waals surface area contributed by atoms with E-state index >= 15 is 0 Å². The Hall–Kier alpha value is -3.71. The number of hydrogen-bond acceptors (Lipinski definition) is 4. The van der Waals surface area contributed by atoms with Gasteiger partial charge in [0.25, 0.3) is 0 Å². The van der Waals surface area contributed by atoms with Crippen LogP contribution in [-0.2, 0) is 14.4 Å². The van der Waals surface area contributed by atoms with Gasteiger partial charge in [-0.2, -0.15) is 5.10 Å². The van der Waals surface area contributed by atoms with Crippen molar-refractivity contribution in [2.45, 2.75) is 20.3 Å².